The van der Waals surface area contributed by atoms with Crippen molar-refractivity contribution in [3.63, 3.8) is 0 Å². The van der Waals surface area contributed by atoms with Gasteiger partial charge in [0.1, 0.15) is 0 Å². The van der Waals surface area contributed by atoms with Gasteiger partial charge in [0.15, 0.2) is 0 Å². The molecule has 1 fully saturated rings. The van der Waals surface area contributed by atoms with E-state index in [2.05, 4.69) is 21.2 Å². The largest absolute Gasteiger partial charge is 0.395 e. The van der Waals surface area contributed by atoms with Gasteiger partial charge >= 0.3 is 0 Å². The number of aliphatic hydroxyl groups excluding tert-OH is 1. The van der Waals surface area contributed by atoms with Crippen LogP contribution in [0, 0.1) is 0 Å². The van der Waals surface area contributed by atoms with E-state index < -0.39 is 6.43 Å². The molecule has 0 amide bonds. The molecule has 6 heteroatoms. The molecule has 0 atom stereocenters. The first-order valence-corrected chi connectivity index (χ1v) is 7.55. The number of hydrogen-bond donors (Lipinski definition) is 2. The van der Waals surface area contributed by atoms with E-state index in [1.54, 1.807) is 0 Å². The summed E-state index contributed by atoms with van der Waals surface area (Å²) in [6.07, 6.45) is 0.0419. The highest BCUT2D eigenvalue weighted by molar-refractivity contribution is 9.10. The fraction of sp³-hybridized carbons (Fsp3) is 0.571. The SMILES string of the molecule is OCCN(CC(F)F)c1ccc(CNC2CC2)cc1Br. The molecule has 0 unspecified atom stereocenters. The molecule has 2 rings (SSSR count). The van der Waals surface area contributed by atoms with Crippen molar-refractivity contribution >= 4 is 21.6 Å². The molecular weight excluding hydrogens is 330 g/mol. The van der Waals surface area contributed by atoms with Gasteiger partial charge in [-0.1, -0.05) is 6.07 Å². The van der Waals surface area contributed by atoms with Crippen molar-refractivity contribution in [3.8, 4) is 0 Å². The van der Waals surface area contributed by atoms with Crippen LogP contribution in [0.1, 0.15) is 18.4 Å². The zero-order chi connectivity index (χ0) is 14.5. The first-order chi connectivity index (χ1) is 9.60. The van der Waals surface area contributed by atoms with Crippen LogP contribution < -0.4 is 10.2 Å². The van der Waals surface area contributed by atoms with Crippen molar-refractivity contribution in [3.05, 3.63) is 28.2 Å². The van der Waals surface area contributed by atoms with Crippen LogP contribution in [0.15, 0.2) is 22.7 Å². The number of nitrogens with zero attached hydrogens (tertiary/aromatic N) is 1. The molecule has 20 heavy (non-hydrogen) atoms. The van der Waals surface area contributed by atoms with Crippen molar-refractivity contribution < 1.29 is 13.9 Å². The monoisotopic (exact) mass is 348 g/mol. The third-order valence-electron chi connectivity index (χ3n) is 3.25. The lowest BCUT2D eigenvalue weighted by atomic mass is 10.2. The number of anilines is 1. The Morgan fingerprint density at radius 2 is 2.15 bits per heavy atom. The second kappa shape index (κ2) is 7.33. The Balaban J connectivity index is 2.04. The number of alkyl halides is 2. The lowest BCUT2D eigenvalue weighted by molar-refractivity contribution is 0.152. The average Bonchev–Trinajstić information content (AvgIpc) is 3.19. The molecule has 3 nitrogen and oxygen atoms in total. The topological polar surface area (TPSA) is 35.5 Å². The Kier molecular flexibility index (Phi) is 5.74. The molecule has 1 aromatic carbocycles. The molecular formula is C14H19BrF2N2O. The van der Waals surface area contributed by atoms with Crippen LogP contribution in [0.5, 0.6) is 0 Å². The van der Waals surface area contributed by atoms with Crippen LogP contribution >= 0.6 is 15.9 Å². The normalized spacial score (nSPS) is 14.8. The highest BCUT2D eigenvalue weighted by atomic mass is 79.9. The molecule has 0 heterocycles. The Hall–Kier alpha value is -0.720. The van der Waals surface area contributed by atoms with Gasteiger partial charge < -0.3 is 15.3 Å². The molecule has 2 N–H and O–H groups in total. The third-order valence-corrected chi connectivity index (χ3v) is 3.89. The van der Waals surface area contributed by atoms with E-state index >= 15 is 0 Å². The molecule has 0 radical (unpaired) electrons. The van der Waals surface area contributed by atoms with E-state index in [1.807, 2.05) is 18.2 Å². The molecule has 0 aliphatic heterocycles. The summed E-state index contributed by atoms with van der Waals surface area (Å²) in [5.41, 5.74) is 1.81. The summed E-state index contributed by atoms with van der Waals surface area (Å²) in [6.45, 7) is 0.462. The van der Waals surface area contributed by atoms with E-state index in [0.29, 0.717) is 11.7 Å². The fourth-order valence-electron chi connectivity index (χ4n) is 2.06. The summed E-state index contributed by atoms with van der Waals surface area (Å²) >= 11 is 3.43. The summed E-state index contributed by atoms with van der Waals surface area (Å²) in [7, 11) is 0. The maximum Gasteiger partial charge on any atom is 0.255 e. The highest BCUT2D eigenvalue weighted by Crippen LogP contribution is 2.28. The van der Waals surface area contributed by atoms with Gasteiger partial charge in [-0.15, -0.1) is 0 Å². The zero-order valence-corrected chi connectivity index (χ0v) is 12.7. The van der Waals surface area contributed by atoms with Crippen molar-refractivity contribution in [2.45, 2.75) is 31.9 Å². The fourth-order valence-corrected chi connectivity index (χ4v) is 2.74. The second-order valence-corrected chi connectivity index (χ2v) is 5.86. The molecule has 1 aromatic rings. The number of halogens is 3. The van der Waals surface area contributed by atoms with E-state index in [0.717, 1.165) is 16.6 Å². The lowest BCUT2D eigenvalue weighted by Crippen LogP contribution is -2.31. The molecule has 0 saturated heterocycles. The number of benzene rings is 1. The quantitative estimate of drug-likeness (QED) is 0.758. The van der Waals surface area contributed by atoms with Gasteiger partial charge in [0, 0.05) is 23.6 Å². The molecule has 1 saturated carbocycles. The van der Waals surface area contributed by atoms with Crippen LogP contribution in [0.3, 0.4) is 0 Å². The summed E-state index contributed by atoms with van der Waals surface area (Å²) in [6, 6.07) is 6.34. The summed E-state index contributed by atoms with van der Waals surface area (Å²) in [5.74, 6) is 0. The number of aliphatic hydroxyl groups is 1. The Morgan fingerprint density at radius 3 is 2.70 bits per heavy atom. The van der Waals surface area contributed by atoms with E-state index in [9.17, 15) is 8.78 Å². The molecule has 1 aliphatic rings. The molecule has 0 bridgehead atoms. The second-order valence-electron chi connectivity index (χ2n) is 5.00. The van der Waals surface area contributed by atoms with Crippen molar-refractivity contribution in [2.24, 2.45) is 0 Å². The van der Waals surface area contributed by atoms with Gasteiger partial charge in [-0.25, -0.2) is 8.78 Å². The zero-order valence-electron chi connectivity index (χ0n) is 11.2. The summed E-state index contributed by atoms with van der Waals surface area (Å²) in [4.78, 5) is 1.49. The van der Waals surface area contributed by atoms with Gasteiger partial charge in [-0.05, 0) is 46.5 Å². The maximum atomic E-state index is 12.6. The summed E-state index contributed by atoms with van der Waals surface area (Å²) in [5, 5.41) is 12.4. The Labute approximate surface area is 126 Å². The van der Waals surface area contributed by atoms with Gasteiger partial charge in [-0.3, -0.25) is 0 Å². The number of nitrogens with one attached hydrogen (secondary N) is 1. The van der Waals surface area contributed by atoms with Crippen molar-refractivity contribution in [1.82, 2.24) is 5.32 Å². The maximum absolute atomic E-state index is 12.6. The predicted octanol–water partition coefficient (Wildman–Crippen LogP) is 2.76. The molecule has 1 aliphatic carbocycles. The number of hydrogen-bond acceptors (Lipinski definition) is 3. The predicted molar refractivity (Wildman–Crippen MR) is 79.3 cm³/mol. The number of rotatable bonds is 8. The minimum atomic E-state index is -2.43. The minimum Gasteiger partial charge on any atom is -0.395 e. The Morgan fingerprint density at radius 1 is 1.40 bits per heavy atom. The van der Waals surface area contributed by atoms with E-state index in [4.69, 9.17) is 5.11 Å². The molecule has 0 spiro atoms. The van der Waals surface area contributed by atoms with Crippen molar-refractivity contribution in [2.75, 3.05) is 24.6 Å². The van der Waals surface area contributed by atoms with E-state index in [1.165, 1.54) is 17.7 Å². The third kappa shape index (κ3) is 4.68. The van der Waals surface area contributed by atoms with Gasteiger partial charge in [-0.2, -0.15) is 0 Å². The average molecular weight is 349 g/mol. The van der Waals surface area contributed by atoms with Crippen LogP contribution in [-0.2, 0) is 6.54 Å². The van der Waals surface area contributed by atoms with Crippen LogP contribution in [0.4, 0.5) is 14.5 Å². The molecule has 112 valence electrons. The van der Waals surface area contributed by atoms with E-state index in [-0.39, 0.29) is 19.7 Å². The highest BCUT2D eigenvalue weighted by Gasteiger charge is 2.20. The first kappa shape index (κ1) is 15.7. The van der Waals surface area contributed by atoms with Crippen LogP contribution in [0.25, 0.3) is 0 Å². The smallest absolute Gasteiger partial charge is 0.255 e. The minimum absolute atomic E-state index is 0.149. The van der Waals surface area contributed by atoms with Crippen LogP contribution in [-0.4, -0.2) is 37.3 Å². The standard InChI is InChI=1S/C14H19BrF2N2O/c15-12-7-10(8-18-11-2-3-11)1-4-13(12)19(5-6-20)9-14(16)17/h1,4,7,11,14,18,20H,2-3,5-6,8-9H2. The Bertz CT molecular complexity index is 441. The van der Waals surface area contributed by atoms with Gasteiger partial charge in [0.2, 0.25) is 0 Å². The first-order valence-electron chi connectivity index (χ1n) is 6.76. The van der Waals surface area contributed by atoms with Crippen molar-refractivity contribution in [1.29, 1.82) is 0 Å². The molecule has 0 aromatic heterocycles. The van der Waals surface area contributed by atoms with Gasteiger partial charge in [0.25, 0.3) is 6.43 Å². The summed E-state index contributed by atoms with van der Waals surface area (Å²) < 4.78 is 25.9. The van der Waals surface area contributed by atoms with Gasteiger partial charge in [0.05, 0.1) is 18.8 Å². The lowest BCUT2D eigenvalue weighted by Gasteiger charge is -2.25. The van der Waals surface area contributed by atoms with Crippen LogP contribution in [0.2, 0.25) is 0 Å².